The highest BCUT2D eigenvalue weighted by Gasteiger charge is 2.25. The van der Waals surface area contributed by atoms with Gasteiger partial charge in [-0.1, -0.05) is 13.8 Å². The molecule has 1 fully saturated rings. The maximum Gasteiger partial charge on any atom is 0.132 e. The lowest BCUT2D eigenvalue weighted by molar-refractivity contribution is 0.495. The second kappa shape index (κ2) is 6.46. The Bertz CT molecular complexity index is 634. The molecule has 2 aromatic heterocycles. The Morgan fingerprint density at radius 1 is 1.27 bits per heavy atom. The van der Waals surface area contributed by atoms with Crippen LogP contribution in [0.4, 0.5) is 5.82 Å². The van der Waals surface area contributed by atoms with Gasteiger partial charge in [-0.3, -0.25) is 5.10 Å². The summed E-state index contributed by atoms with van der Waals surface area (Å²) in [5, 5.41) is 7.46. The van der Waals surface area contributed by atoms with Crippen molar-refractivity contribution in [3.63, 3.8) is 0 Å². The van der Waals surface area contributed by atoms with Crippen LogP contribution in [0.2, 0.25) is 0 Å². The molecule has 3 rings (SSSR count). The zero-order valence-corrected chi connectivity index (χ0v) is 13.8. The normalized spacial score (nSPS) is 18.7. The molecule has 1 aliphatic heterocycles. The van der Waals surface area contributed by atoms with Gasteiger partial charge in [0, 0.05) is 42.9 Å². The number of nitrogens with zero attached hydrogens (tertiary/aromatic N) is 4. The van der Waals surface area contributed by atoms with E-state index in [4.69, 9.17) is 4.98 Å². The van der Waals surface area contributed by atoms with Gasteiger partial charge in [0.15, 0.2) is 0 Å². The molecular weight excluding hydrogens is 274 g/mol. The van der Waals surface area contributed by atoms with Gasteiger partial charge in [0.2, 0.25) is 0 Å². The third-order valence-electron chi connectivity index (χ3n) is 4.49. The molecule has 0 bridgehead atoms. The third kappa shape index (κ3) is 2.98. The molecule has 1 atom stereocenters. The minimum Gasteiger partial charge on any atom is -0.356 e. The van der Waals surface area contributed by atoms with Gasteiger partial charge in [0.05, 0.1) is 6.20 Å². The first-order chi connectivity index (χ1) is 10.7. The van der Waals surface area contributed by atoms with Crippen molar-refractivity contribution < 1.29 is 0 Å². The van der Waals surface area contributed by atoms with Gasteiger partial charge in [-0.25, -0.2) is 9.97 Å². The van der Waals surface area contributed by atoms with E-state index in [0.717, 1.165) is 43.3 Å². The number of hydrogen-bond acceptors (Lipinski definition) is 4. The molecule has 2 aromatic rings. The third-order valence-corrected chi connectivity index (χ3v) is 4.49. The fourth-order valence-electron chi connectivity index (χ4n) is 3.31. The molecule has 1 N–H and O–H groups in total. The van der Waals surface area contributed by atoms with Gasteiger partial charge in [0.25, 0.3) is 0 Å². The number of aryl methyl sites for hydroxylation is 3. The lowest BCUT2D eigenvalue weighted by atomic mass is 9.92. The molecule has 0 saturated carbocycles. The highest BCUT2D eigenvalue weighted by Crippen LogP contribution is 2.30. The van der Waals surface area contributed by atoms with Crippen LogP contribution >= 0.6 is 0 Å². The van der Waals surface area contributed by atoms with E-state index >= 15 is 0 Å². The van der Waals surface area contributed by atoms with Crippen molar-refractivity contribution in [2.75, 3.05) is 18.0 Å². The Morgan fingerprint density at radius 2 is 2.14 bits per heavy atom. The summed E-state index contributed by atoms with van der Waals surface area (Å²) in [6.45, 7) is 8.43. The molecule has 1 aliphatic rings. The number of piperidine rings is 1. The Morgan fingerprint density at radius 3 is 2.91 bits per heavy atom. The first kappa shape index (κ1) is 15.0. The van der Waals surface area contributed by atoms with Crippen molar-refractivity contribution in [1.82, 2.24) is 20.2 Å². The highest BCUT2D eigenvalue weighted by atomic mass is 15.2. The summed E-state index contributed by atoms with van der Waals surface area (Å²) in [6.07, 6.45) is 6.30. The topological polar surface area (TPSA) is 57.7 Å². The standard InChI is InChI=1S/C17H25N5/c1-4-13-10-18-21-17(13)14-7-6-8-22(11-14)16-9-12(3)19-15(5-2)20-16/h9-10,14H,4-8,11H2,1-3H3,(H,18,21)/t14-/m1/s1. The number of nitrogens with one attached hydrogen (secondary N) is 1. The van der Waals surface area contributed by atoms with Crippen LogP contribution in [-0.2, 0) is 12.8 Å². The van der Waals surface area contributed by atoms with Crippen molar-refractivity contribution in [2.45, 2.75) is 52.4 Å². The van der Waals surface area contributed by atoms with Crippen LogP contribution in [0.3, 0.4) is 0 Å². The van der Waals surface area contributed by atoms with E-state index in [1.807, 2.05) is 6.20 Å². The monoisotopic (exact) mass is 299 g/mol. The van der Waals surface area contributed by atoms with Crippen LogP contribution in [0.1, 0.15) is 55.4 Å². The average Bonchev–Trinajstić information content (AvgIpc) is 3.03. The zero-order valence-electron chi connectivity index (χ0n) is 13.8. The zero-order chi connectivity index (χ0) is 15.5. The number of aromatic nitrogens is 4. The van der Waals surface area contributed by atoms with Gasteiger partial charge in [0.1, 0.15) is 11.6 Å². The average molecular weight is 299 g/mol. The SMILES string of the molecule is CCc1nc(C)cc(N2CCC[C@@H](c3[nH]ncc3CC)C2)n1. The smallest absolute Gasteiger partial charge is 0.132 e. The van der Waals surface area contributed by atoms with Crippen molar-refractivity contribution in [2.24, 2.45) is 0 Å². The summed E-state index contributed by atoms with van der Waals surface area (Å²) >= 11 is 0. The fourth-order valence-corrected chi connectivity index (χ4v) is 3.31. The molecule has 5 nitrogen and oxygen atoms in total. The summed E-state index contributed by atoms with van der Waals surface area (Å²) in [4.78, 5) is 11.6. The molecule has 0 unspecified atom stereocenters. The minimum atomic E-state index is 0.520. The number of rotatable bonds is 4. The van der Waals surface area contributed by atoms with Gasteiger partial charge >= 0.3 is 0 Å². The Labute approximate surface area is 132 Å². The van der Waals surface area contributed by atoms with Crippen LogP contribution < -0.4 is 4.90 Å². The van der Waals surface area contributed by atoms with E-state index < -0.39 is 0 Å². The van der Waals surface area contributed by atoms with Gasteiger partial charge in [-0.05, 0) is 31.7 Å². The van der Waals surface area contributed by atoms with Gasteiger partial charge in [-0.15, -0.1) is 0 Å². The Kier molecular flexibility index (Phi) is 4.41. The molecule has 1 saturated heterocycles. The molecule has 5 heteroatoms. The molecule has 0 aliphatic carbocycles. The van der Waals surface area contributed by atoms with Crippen LogP contribution in [0.15, 0.2) is 12.3 Å². The van der Waals surface area contributed by atoms with Crippen molar-refractivity contribution in [3.8, 4) is 0 Å². The highest BCUT2D eigenvalue weighted by molar-refractivity contribution is 5.41. The molecule has 0 aromatic carbocycles. The second-order valence-corrected chi connectivity index (χ2v) is 6.08. The molecule has 118 valence electrons. The van der Waals surface area contributed by atoms with Gasteiger partial charge in [-0.2, -0.15) is 5.10 Å². The van der Waals surface area contributed by atoms with E-state index in [2.05, 4.69) is 46.9 Å². The maximum absolute atomic E-state index is 4.72. The first-order valence-corrected chi connectivity index (χ1v) is 8.32. The summed E-state index contributed by atoms with van der Waals surface area (Å²) in [5.74, 6) is 2.53. The molecule has 0 amide bonds. The summed E-state index contributed by atoms with van der Waals surface area (Å²) in [5.41, 5.74) is 3.72. The predicted molar refractivity (Wildman–Crippen MR) is 88.3 cm³/mol. The maximum atomic E-state index is 4.72. The van der Waals surface area contributed by atoms with E-state index in [1.165, 1.54) is 24.1 Å². The lowest BCUT2D eigenvalue weighted by Crippen LogP contribution is -2.35. The quantitative estimate of drug-likeness (QED) is 0.943. The van der Waals surface area contributed by atoms with Crippen LogP contribution in [0, 0.1) is 6.92 Å². The molecule has 3 heterocycles. The van der Waals surface area contributed by atoms with Crippen molar-refractivity contribution in [3.05, 3.63) is 35.0 Å². The molecule has 0 radical (unpaired) electrons. The van der Waals surface area contributed by atoms with Crippen LogP contribution in [0.5, 0.6) is 0 Å². The van der Waals surface area contributed by atoms with E-state index in [1.54, 1.807) is 0 Å². The van der Waals surface area contributed by atoms with E-state index in [9.17, 15) is 0 Å². The summed E-state index contributed by atoms with van der Waals surface area (Å²) in [7, 11) is 0. The van der Waals surface area contributed by atoms with E-state index in [0.29, 0.717) is 5.92 Å². The number of anilines is 1. The molecule has 0 spiro atoms. The van der Waals surface area contributed by atoms with Crippen LogP contribution in [-0.4, -0.2) is 33.3 Å². The number of H-pyrrole nitrogens is 1. The Hall–Kier alpha value is -1.91. The first-order valence-electron chi connectivity index (χ1n) is 8.32. The fraction of sp³-hybridized carbons (Fsp3) is 0.588. The van der Waals surface area contributed by atoms with Crippen molar-refractivity contribution >= 4 is 5.82 Å². The number of aromatic amines is 1. The van der Waals surface area contributed by atoms with Crippen molar-refractivity contribution in [1.29, 1.82) is 0 Å². The Balaban J connectivity index is 1.82. The number of hydrogen-bond donors (Lipinski definition) is 1. The second-order valence-electron chi connectivity index (χ2n) is 6.08. The summed E-state index contributed by atoms with van der Waals surface area (Å²) in [6, 6.07) is 2.11. The molecule has 22 heavy (non-hydrogen) atoms. The van der Waals surface area contributed by atoms with Crippen LogP contribution in [0.25, 0.3) is 0 Å². The minimum absolute atomic E-state index is 0.520. The van der Waals surface area contributed by atoms with Gasteiger partial charge < -0.3 is 4.90 Å². The predicted octanol–water partition coefficient (Wildman–Crippen LogP) is 3.02. The van der Waals surface area contributed by atoms with E-state index in [-0.39, 0.29) is 0 Å². The summed E-state index contributed by atoms with van der Waals surface area (Å²) < 4.78 is 0. The molecular formula is C17H25N5. The lowest BCUT2D eigenvalue weighted by Gasteiger charge is -2.33. The largest absolute Gasteiger partial charge is 0.356 e.